The van der Waals surface area contributed by atoms with Crippen molar-refractivity contribution in [1.82, 2.24) is 24.8 Å². The van der Waals surface area contributed by atoms with Crippen molar-refractivity contribution in [2.24, 2.45) is 0 Å². The maximum atomic E-state index is 12.6. The number of H-pyrrole nitrogens is 1. The molecule has 1 aliphatic heterocycles. The van der Waals surface area contributed by atoms with E-state index in [-0.39, 0.29) is 24.9 Å². The fourth-order valence-electron chi connectivity index (χ4n) is 2.38. The molecule has 1 saturated heterocycles. The van der Waals surface area contributed by atoms with Crippen molar-refractivity contribution in [2.75, 3.05) is 26.3 Å². The zero-order chi connectivity index (χ0) is 19.3. The molecule has 144 valence electrons. The Morgan fingerprint density at radius 2 is 2.33 bits per heavy atom. The summed E-state index contributed by atoms with van der Waals surface area (Å²) in [6.45, 7) is 0.926. The minimum absolute atomic E-state index is 0.0393. The van der Waals surface area contributed by atoms with Crippen molar-refractivity contribution in [1.29, 1.82) is 0 Å². The second-order valence-electron chi connectivity index (χ2n) is 5.64. The van der Waals surface area contributed by atoms with Gasteiger partial charge in [0.2, 0.25) is 17.6 Å². The Hall–Kier alpha value is -2.95. The van der Waals surface area contributed by atoms with Crippen molar-refractivity contribution < 1.29 is 27.4 Å². The van der Waals surface area contributed by atoms with Crippen molar-refractivity contribution in [3.05, 3.63) is 42.4 Å². The molecule has 1 N–H and O–H groups in total. The van der Waals surface area contributed by atoms with Crippen LogP contribution in [0.15, 0.2) is 30.9 Å². The lowest BCUT2D eigenvalue weighted by Gasteiger charge is -2.32. The number of hydrogen-bond donors (Lipinski definition) is 1. The van der Waals surface area contributed by atoms with Gasteiger partial charge in [-0.05, 0) is 6.08 Å². The number of aromatic nitrogens is 4. The Kier molecular flexibility index (Phi) is 5.69. The molecule has 0 aromatic carbocycles. The van der Waals surface area contributed by atoms with Crippen LogP contribution in [0.4, 0.5) is 13.2 Å². The third-order valence-corrected chi connectivity index (χ3v) is 3.68. The first-order valence-corrected chi connectivity index (χ1v) is 8.02. The van der Waals surface area contributed by atoms with E-state index < -0.39 is 18.1 Å². The molecule has 1 fully saturated rings. The number of aromatic amines is 1. The van der Waals surface area contributed by atoms with E-state index in [0.29, 0.717) is 18.8 Å². The van der Waals surface area contributed by atoms with E-state index in [4.69, 9.17) is 9.47 Å². The first-order valence-electron chi connectivity index (χ1n) is 8.02. The Morgan fingerprint density at radius 3 is 3.07 bits per heavy atom. The summed E-state index contributed by atoms with van der Waals surface area (Å²) >= 11 is 0. The molecular weight excluding hydrogens is 367 g/mol. The number of hydrogen-bond acceptors (Lipinski definition) is 6. The maximum absolute atomic E-state index is 12.6. The summed E-state index contributed by atoms with van der Waals surface area (Å²) in [6, 6.07) is 1.23. The zero-order valence-electron chi connectivity index (χ0n) is 14.0. The van der Waals surface area contributed by atoms with Crippen LogP contribution in [0.2, 0.25) is 0 Å². The van der Waals surface area contributed by atoms with Gasteiger partial charge in [-0.25, -0.2) is 9.97 Å². The lowest BCUT2D eigenvalue weighted by molar-refractivity contribution is -0.145. The van der Waals surface area contributed by atoms with Crippen LogP contribution in [0.1, 0.15) is 11.5 Å². The normalized spacial score (nSPS) is 18.0. The molecule has 0 spiro atoms. The second-order valence-corrected chi connectivity index (χ2v) is 5.64. The maximum Gasteiger partial charge on any atom is 0.451 e. The Bertz CT molecular complexity index is 795. The van der Waals surface area contributed by atoms with Crippen LogP contribution in [0.25, 0.3) is 6.08 Å². The third-order valence-electron chi connectivity index (χ3n) is 3.68. The summed E-state index contributed by atoms with van der Waals surface area (Å²) in [7, 11) is 0. The molecule has 1 atom stereocenters. The zero-order valence-corrected chi connectivity index (χ0v) is 14.0. The minimum atomic E-state index is -4.65. The fraction of sp³-hybridized carbons (Fsp3) is 0.375. The fourth-order valence-corrected chi connectivity index (χ4v) is 2.38. The van der Waals surface area contributed by atoms with E-state index >= 15 is 0 Å². The lowest BCUT2D eigenvalue weighted by Crippen LogP contribution is -2.47. The van der Waals surface area contributed by atoms with Crippen LogP contribution in [-0.4, -0.2) is 63.2 Å². The van der Waals surface area contributed by atoms with Crippen LogP contribution in [0.3, 0.4) is 0 Å². The van der Waals surface area contributed by atoms with Gasteiger partial charge in [0, 0.05) is 24.9 Å². The molecule has 2 aromatic heterocycles. The monoisotopic (exact) mass is 383 g/mol. The minimum Gasteiger partial charge on any atom is -0.475 e. The van der Waals surface area contributed by atoms with Gasteiger partial charge >= 0.3 is 6.18 Å². The highest BCUT2D eigenvalue weighted by molar-refractivity contribution is 5.91. The molecule has 0 saturated carbocycles. The molecule has 0 aliphatic carbocycles. The van der Waals surface area contributed by atoms with Crippen LogP contribution in [-0.2, 0) is 15.7 Å². The summed E-state index contributed by atoms with van der Waals surface area (Å²) in [5, 5.41) is 0. The van der Waals surface area contributed by atoms with Gasteiger partial charge in [0.1, 0.15) is 12.7 Å². The van der Waals surface area contributed by atoms with E-state index in [9.17, 15) is 18.0 Å². The van der Waals surface area contributed by atoms with Gasteiger partial charge in [0.05, 0.1) is 31.4 Å². The number of halogens is 3. The molecule has 3 heterocycles. The molecule has 8 nitrogen and oxygen atoms in total. The third kappa shape index (κ3) is 5.26. The van der Waals surface area contributed by atoms with Gasteiger partial charge < -0.3 is 19.4 Å². The van der Waals surface area contributed by atoms with E-state index in [1.165, 1.54) is 18.5 Å². The number of nitrogens with one attached hydrogen (secondary N) is 1. The number of imidazole rings is 1. The number of carbonyl (C=O) groups is 1. The molecule has 27 heavy (non-hydrogen) atoms. The average molecular weight is 383 g/mol. The Balaban J connectivity index is 1.53. The molecule has 0 bridgehead atoms. The number of nitrogens with zero attached hydrogens (tertiary/aromatic N) is 4. The number of morpholine rings is 1. The number of rotatable bonds is 5. The van der Waals surface area contributed by atoms with E-state index in [0.717, 1.165) is 6.20 Å². The molecule has 1 unspecified atom stereocenters. The van der Waals surface area contributed by atoms with Gasteiger partial charge in [-0.3, -0.25) is 4.79 Å². The highest BCUT2D eigenvalue weighted by atomic mass is 19.4. The summed E-state index contributed by atoms with van der Waals surface area (Å²) in [6.07, 6.45) is 1.95. The number of ether oxygens (including phenoxy) is 2. The number of alkyl halides is 3. The summed E-state index contributed by atoms with van der Waals surface area (Å²) in [5.74, 6) is -1.69. The predicted molar refractivity (Wildman–Crippen MR) is 86.5 cm³/mol. The average Bonchev–Trinajstić information content (AvgIpc) is 3.18. The van der Waals surface area contributed by atoms with E-state index in [1.807, 2.05) is 0 Å². The lowest BCUT2D eigenvalue weighted by atomic mass is 10.2. The van der Waals surface area contributed by atoms with Crippen LogP contribution < -0.4 is 4.74 Å². The Labute approximate surface area is 152 Å². The SMILES string of the molecule is O=C(/C=C/c1cnc[nH]1)N1CCOC(COc2ccnc(C(F)(F)F)n2)C1. The van der Waals surface area contributed by atoms with Gasteiger partial charge in [0.25, 0.3) is 0 Å². The van der Waals surface area contributed by atoms with Crippen molar-refractivity contribution >= 4 is 12.0 Å². The van der Waals surface area contributed by atoms with Gasteiger partial charge in [-0.1, -0.05) is 0 Å². The molecule has 1 aliphatic rings. The summed E-state index contributed by atoms with van der Waals surface area (Å²) < 4.78 is 48.6. The largest absolute Gasteiger partial charge is 0.475 e. The van der Waals surface area contributed by atoms with Crippen molar-refractivity contribution in [2.45, 2.75) is 12.3 Å². The van der Waals surface area contributed by atoms with Crippen molar-refractivity contribution in [3.8, 4) is 5.88 Å². The van der Waals surface area contributed by atoms with Gasteiger partial charge in [-0.2, -0.15) is 18.2 Å². The predicted octanol–water partition coefficient (Wildman–Crippen LogP) is 1.54. The molecule has 11 heteroatoms. The first-order chi connectivity index (χ1) is 12.9. The smallest absolute Gasteiger partial charge is 0.451 e. The highest BCUT2D eigenvalue weighted by Gasteiger charge is 2.35. The van der Waals surface area contributed by atoms with E-state index in [2.05, 4.69) is 19.9 Å². The van der Waals surface area contributed by atoms with Crippen LogP contribution >= 0.6 is 0 Å². The molecule has 0 radical (unpaired) electrons. The standard InChI is InChI=1S/C16H16F3N5O3/c17-16(18,19)15-21-4-3-13(23-15)27-9-12-8-24(5-6-26-12)14(25)2-1-11-7-20-10-22-11/h1-4,7,10,12H,5-6,8-9H2,(H,20,22)/b2-1+. The topological polar surface area (TPSA) is 93.2 Å². The first kappa shape index (κ1) is 18.8. The quantitative estimate of drug-likeness (QED) is 0.788. The Morgan fingerprint density at radius 1 is 1.48 bits per heavy atom. The molecule has 2 aromatic rings. The summed E-state index contributed by atoms with van der Waals surface area (Å²) in [4.78, 5) is 27.0. The second kappa shape index (κ2) is 8.16. The van der Waals surface area contributed by atoms with Gasteiger partial charge in [0.15, 0.2) is 0 Å². The molecular formula is C16H16F3N5O3. The molecule has 1 amide bonds. The highest BCUT2D eigenvalue weighted by Crippen LogP contribution is 2.26. The number of amides is 1. The number of carbonyl (C=O) groups excluding carboxylic acids is 1. The van der Waals surface area contributed by atoms with Crippen molar-refractivity contribution in [3.63, 3.8) is 0 Å². The summed E-state index contributed by atoms with van der Waals surface area (Å²) in [5.41, 5.74) is 0.695. The van der Waals surface area contributed by atoms with Gasteiger partial charge in [-0.15, -0.1) is 0 Å². The van der Waals surface area contributed by atoms with E-state index in [1.54, 1.807) is 17.2 Å². The van der Waals surface area contributed by atoms with Crippen LogP contribution in [0.5, 0.6) is 5.88 Å². The molecule has 3 rings (SSSR count). The van der Waals surface area contributed by atoms with Crippen LogP contribution in [0, 0.1) is 0 Å².